The highest BCUT2D eigenvalue weighted by molar-refractivity contribution is 6.36. The van der Waals surface area contributed by atoms with Crippen molar-refractivity contribution < 1.29 is 36.9 Å². The van der Waals surface area contributed by atoms with Crippen LogP contribution in [0.4, 0.5) is 17.6 Å². The Balaban J connectivity index is 1.57. The van der Waals surface area contributed by atoms with Crippen LogP contribution in [0.2, 0.25) is 5.02 Å². The largest absolute Gasteiger partial charge is 0.489 e. The van der Waals surface area contributed by atoms with Crippen molar-refractivity contribution in [2.24, 2.45) is 0 Å². The monoisotopic (exact) mass is 471 g/mol. The lowest BCUT2D eigenvalue weighted by atomic mass is 10.0. The third-order valence-electron chi connectivity index (χ3n) is 5.48. The SMILES string of the molecule is O=C(O)CC1CCn2c1c(Cl)c1cc(OCc3ccc(OCF)c(C(F)(F)F)c3)ccc12. The van der Waals surface area contributed by atoms with Gasteiger partial charge in [0.1, 0.15) is 18.1 Å². The highest BCUT2D eigenvalue weighted by Crippen LogP contribution is 2.43. The summed E-state index contributed by atoms with van der Waals surface area (Å²) in [6, 6.07) is 8.45. The molecule has 0 spiro atoms. The average Bonchev–Trinajstić information content (AvgIpc) is 3.25. The molecule has 2 heterocycles. The molecular formula is C22H18ClF4NO4. The molecule has 10 heteroatoms. The predicted molar refractivity (Wildman–Crippen MR) is 109 cm³/mol. The molecule has 5 nitrogen and oxygen atoms in total. The molecule has 1 aliphatic heterocycles. The molecule has 1 N–H and O–H groups in total. The van der Waals surface area contributed by atoms with Gasteiger partial charge in [0.2, 0.25) is 6.86 Å². The van der Waals surface area contributed by atoms with Crippen molar-refractivity contribution >= 4 is 28.5 Å². The minimum atomic E-state index is -4.70. The number of aliphatic carboxylic acids is 1. The second-order valence-corrected chi connectivity index (χ2v) is 7.86. The Kier molecular flexibility index (Phi) is 5.94. The van der Waals surface area contributed by atoms with E-state index in [0.717, 1.165) is 23.3 Å². The van der Waals surface area contributed by atoms with Gasteiger partial charge in [-0.05, 0) is 42.3 Å². The number of hydrogen-bond acceptors (Lipinski definition) is 3. The summed E-state index contributed by atoms with van der Waals surface area (Å²) in [6.07, 6.45) is -4.02. The van der Waals surface area contributed by atoms with E-state index in [1.165, 1.54) is 6.07 Å². The van der Waals surface area contributed by atoms with Crippen LogP contribution in [0.1, 0.15) is 35.6 Å². The van der Waals surface area contributed by atoms with Gasteiger partial charge in [-0.1, -0.05) is 17.7 Å². The molecule has 1 aliphatic rings. The normalized spacial score (nSPS) is 15.7. The fraction of sp³-hybridized carbons (Fsp3) is 0.318. The molecule has 32 heavy (non-hydrogen) atoms. The van der Waals surface area contributed by atoms with E-state index in [9.17, 15) is 22.4 Å². The molecule has 0 saturated carbocycles. The molecule has 0 radical (unpaired) electrons. The number of nitrogens with zero attached hydrogens (tertiary/aromatic N) is 1. The van der Waals surface area contributed by atoms with Gasteiger partial charge in [-0.15, -0.1) is 0 Å². The molecule has 170 valence electrons. The van der Waals surface area contributed by atoms with E-state index in [0.29, 0.717) is 29.1 Å². The molecule has 0 fully saturated rings. The van der Waals surface area contributed by atoms with Crippen molar-refractivity contribution in [3.05, 3.63) is 58.2 Å². The lowest BCUT2D eigenvalue weighted by Gasteiger charge is -2.14. The van der Waals surface area contributed by atoms with E-state index in [1.807, 2.05) is 4.57 Å². The molecule has 4 rings (SSSR count). The Labute approximate surface area is 185 Å². The molecule has 2 aromatic carbocycles. The zero-order valence-electron chi connectivity index (χ0n) is 16.6. The van der Waals surface area contributed by atoms with E-state index in [2.05, 4.69) is 4.74 Å². The summed E-state index contributed by atoms with van der Waals surface area (Å²) in [5.74, 6) is -1.26. The number of carbonyl (C=O) groups is 1. The number of rotatable bonds is 7. The Morgan fingerprint density at radius 2 is 1.97 bits per heavy atom. The Hall–Kier alpha value is -2.94. The molecule has 0 bridgehead atoms. The van der Waals surface area contributed by atoms with Gasteiger partial charge in [0.15, 0.2) is 0 Å². The molecule has 0 amide bonds. The quantitative estimate of drug-likeness (QED) is 0.419. The summed E-state index contributed by atoms with van der Waals surface area (Å²) in [6.45, 7) is -0.865. The average molecular weight is 472 g/mol. The van der Waals surface area contributed by atoms with Gasteiger partial charge in [0, 0.05) is 23.5 Å². The minimum absolute atomic E-state index is 0.0109. The van der Waals surface area contributed by atoms with Crippen molar-refractivity contribution in [1.29, 1.82) is 0 Å². The Morgan fingerprint density at radius 1 is 1.19 bits per heavy atom. The summed E-state index contributed by atoms with van der Waals surface area (Å²) in [5, 5.41) is 10.3. The smallest absolute Gasteiger partial charge is 0.419 e. The summed E-state index contributed by atoms with van der Waals surface area (Å²) in [7, 11) is 0. The zero-order chi connectivity index (χ0) is 23.0. The van der Waals surface area contributed by atoms with E-state index in [1.54, 1.807) is 18.2 Å². The molecule has 1 aromatic heterocycles. The van der Waals surface area contributed by atoms with Gasteiger partial charge in [-0.3, -0.25) is 4.79 Å². The van der Waals surface area contributed by atoms with E-state index in [4.69, 9.17) is 21.4 Å². The van der Waals surface area contributed by atoms with E-state index in [-0.39, 0.29) is 24.5 Å². The summed E-state index contributed by atoms with van der Waals surface area (Å²) in [5.41, 5.74) is 0.774. The summed E-state index contributed by atoms with van der Waals surface area (Å²) in [4.78, 5) is 11.1. The van der Waals surface area contributed by atoms with Crippen molar-refractivity contribution in [2.45, 2.75) is 38.1 Å². The van der Waals surface area contributed by atoms with Crippen molar-refractivity contribution in [2.75, 3.05) is 6.86 Å². The number of hydrogen-bond donors (Lipinski definition) is 1. The van der Waals surface area contributed by atoms with Crippen LogP contribution in [0, 0.1) is 0 Å². The first kappa shape index (κ1) is 22.3. The van der Waals surface area contributed by atoms with Gasteiger partial charge < -0.3 is 19.1 Å². The Morgan fingerprint density at radius 3 is 2.66 bits per heavy atom. The van der Waals surface area contributed by atoms with Crippen LogP contribution in [-0.2, 0) is 24.1 Å². The molecule has 1 atom stereocenters. The first-order chi connectivity index (χ1) is 15.2. The fourth-order valence-electron chi connectivity index (χ4n) is 4.11. The van der Waals surface area contributed by atoms with Gasteiger partial charge >= 0.3 is 12.1 Å². The lowest BCUT2D eigenvalue weighted by molar-refractivity contribution is -0.139. The number of ether oxygens (including phenoxy) is 2. The second kappa shape index (κ2) is 8.54. The van der Waals surface area contributed by atoms with Crippen LogP contribution in [0.25, 0.3) is 10.9 Å². The van der Waals surface area contributed by atoms with Crippen LogP contribution >= 0.6 is 11.6 Å². The highest BCUT2D eigenvalue weighted by Gasteiger charge is 2.35. The minimum Gasteiger partial charge on any atom is -0.489 e. The van der Waals surface area contributed by atoms with E-state index < -0.39 is 30.3 Å². The number of carboxylic acids is 1. The Bertz CT molecular complexity index is 1170. The van der Waals surface area contributed by atoms with Crippen molar-refractivity contribution in [3.63, 3.8) is 0 Å². The number of benzene rings is 2. The molecule has 0 saturated heterocycles. The number of aryl methyl sites for hydroxylation is 1. The van der Waals surface area contributed by atoms with Crippen LogP contribution in [0.5, 0.6) is 11.5 Å². The topological polar surface area (TPSA) is 60.7 Å². The van der Waals surface area contributed by atoms with Gasteiger partial charge in [-0.2, -0.15) is 13.2 Å². The first-order valence-electron chi connectivity index (χ1n) is 9.74. The van der Waals surface area contributed by atoms with Crippen LogP contribution in [-0.4, -0.2) is 22.5 Å². The predicted octanol–water partition coefficient (Wildman–Crippen LogP) is 6.16. The first-order valence-corrected chi connectivity index (χ1v) is 10.1. The number of fused-ring (bicyclic) bond motifs is 3. The maximum Gasteiger partial charge on any atom is 0.419 e. The maximum atomic E-state index is 13.2. The number of aromatic nitrogens is 1. The molecule has 0 aliphatic carbocycles. The summed E-state index contributed by atoms with van der Waals surface area (Å²) < 4.78 is 64.1. The fourth-order valence-corrected chi connectivity index (χ4v) is 4.52. The highest BCUT2D eigenvalue weighted by atomic mass is 35.5. The number of halogens is 5. The van der Waals surface area contributed by atoms with Crippen LogP contribution in [0.3, 0.4) is 0 Å². The third kappa shape index (κ3) is 4.21. The molecular weight excluding hydrogens is 454 g/mol. The van der Waals surface area contributed by atoms with Gasteiger partial charge in [0.25, 0.3) is 0 Å². The number of alkyl halides is 4. The third-order valence-corrected chi connectivity index (χ3v) is 5.88. The second-order valence-electron chi connectivity index (χ2n) is 7.48. The lowest BCUT2D eigenvalue weighted by Crippen LogP contribution is -2.10. The van der Waals surface area contributed by atoms with Crippen molar-refractivity contribution in [3.8, 4) is 11.5 Å². The van der Waals surface area contributed by atoms with Gasteiger partial charge in [-0.25, -0.2) is 4.39 Å². The maximum absolute atomic E-state index is 13.2. The summed E-state index contributed by atoms with van der Waals surface area (Å²) >= 11 is 6.55. The van der Waals surface area contributed by atoms with Gasteiger partial charge in [0.05, 0.1) is 22.5 Å². The van der Waals surface area contributed by atoms with Crippen LogP contribution in [0.15, 0.2) is 36.4 Å². The van der Waals surface area contributed by atoms with E-state index >= 15 is 0 Å². The molecule has 3 aromatic rings. The molecule has 1 unspecified atom stereocenters. The van der Waals surface area contributed by atoms with Crippen molar-refractivity contribution in [1.82, 2.24) is 4.57 Å². The zero-order valence-corrected chi connectivity index (χ0v) is 17.3. The van der Waals surface area contributed by atoms with Crippen LogP contribution < -0.4 is 9.47 Å². The number of carboxylic acid groups (broad SMARTS) is 1. The standard InChI is InChI=1S/C22H18ClF4NO4/c23-20-15-9-14(2-3-17(15)28-6-5-13(21(20)28)8-19(29)30)31-10-12-1-4-18(32-11-24)16(7-12)22(25,26)27/h1-4,7,9,13H,5-6,8,10-11H2,(H,29,30).